The van der Waals surface area contributed by atoms with Crippen LogP contribution in [0, 0.1) is 17.3 Å². The van der Waals surface area contributed by atoms with E-state index >= 15 is 0 Å². The number of allylic oxidation sites excluding steroid dienone is 1. The van der Waals surface area contributed by atoms with Gasteiger partial charge in [-0.3, -0.25) is 0 Å². The van der Waals surface area contributed by atoms with Crippen molar-refractivity contribution in [1.82, 2.24) is 0 Å². The minimum absolute atomic E-state index is 0.0119. The fourth-order valence-corrected chi connectivity index (χ4v) is 4.11. The van der Waals surface area contributed by atoms with Crippen LogP contribution in [0.25, 0.3) is 0 Å². The van der Waals surface area contributed by atoms with Crippen LogP contribution in [0.15, 0.2) is 12.2 Å². The van der Waals surface area contributed by atoms with Crippen LogP contribution in [0.2, 0.25) is 0 Å². The van der Waals surface area contributed by atoms with Gasteiger partial charge in [0, 0.05) is 18.3 Å². The van der Waals surface area contributed by atoms with Crippen LogP contribution in [-0.2, 0) is 9.47 Å². The molecule has 2 fully saturated rings. The number of aliphatic hydroxyl groups excluding tert-OH is 2. The topological polar surface area (TPSA) is 58.9 Å². The second kappa shape index (κ2) is 4.30. The fourth-order valence-electron chi connectivity index (χ4n) is 4.11. The monoisotopic (exact) mass is 254 g/mol. The molecule has 0 aromatic heterocycles. The van der Waals surface area contributed by atoms with Gasteiger partial charge in [-0.25, -0.2) is 0 Å². The van der Waals surface area contributed by atoms with E-state index in [0.717, 1.165) is 12.8 Å². The van der Waals surface area contributed by atoms with Gasteiger partial charge in [-0.05, 0) is 18.3 Å². The third kappa shape index (κ3) is 1.67. The van der Waals surface area contributed by atoms with Crippen molar-refractivity contribution < 1.29 is 19.7 Å². The lowest BCUT2D eigenvalue weighted by atomic mass is 9.56. The van der Waals surface area contributed by atoms with E-state index in [9.17, 15) is 10.2 Å². The van der Waals surface area contributed by atoms with Gasteiger partial charge < -0.3 is 19.7 Å². The smallest absolute Gasteiger partial charge is 0.169 e. The molecule has 3 rings (SSSR count). The summed E-state index contributed by atoms with van der Waals surface area (Å²) < 4.78 is 11.5. The summed E-state index contributed by atoms with van der Waals surface area (Å²) in [5, 5.41) is 20.3. The zero-order chi connectivity index (χ0) is 12.8. The van der Waals surface area contributed by atoms with Crippen molar-refractivity contribution in [3.63, 3.8) is 0 Å². The molecule has 102 valence electrons. The summed E-state index contributed by atoms with van der Waals surface area (Å²) in [5.74, 6) is 0.130. The Bertz CT molecular complexity index is 348. The lowest BCUT2D eigenvalue weighted by molar-refractivity contribution is -0.238. The molecule has 1 spiro atoms. The van der Waals surface area contributed by atoms with Gasteiger partial charge in [0.2, 0.25) is 0 Å². The molecule has 3 aliphatic rings. The predicted octanol–water partition coefficient (Wildman–Crippen LogP) is 1.08. The molecule has 0 radical (unpaired) electrons. The van der Waals surface area contributed by atoms with Crippen LogP contribution in [0.1, 0.15) is 26.2 Å². The Kier molecular flexibility index (Phi) is 3.01. The highest BCUT2D eigenvalue weighted by Crippen LogP contribution is 2.55. The standard InChI is InChI=1S/C14H22O4/c1-10-2-3-12(16)13(9-15)8-14(5-4-11(10)13)17-6-7-18-14/h2-3,10-12,15-16H,4-9H2,1H3/t10-,11?,12+,13-/m0/s1. The molecule has 18 heavy (non-hydrogen) atoms. The van der Waals surface area contributed by atoms with Crippen LogP contribution in [-0.4, -0.2) is 41.9 Å². The summed E-state index contributed by atoms with van der Waals surface area (Å²) in [6, 6.07) is 0. The molecule has 4 atom stereocenters. The van der Waals surface area contributed by atoms with Crippen molar-refractivity contribution in [3.05, 3.63) is 12.2 Å². The van der Waals surface area contributed by atoms with Crippen molar-refractivity contribution in [2.24, 2.45) is 17.3 Å². The van der Waals surface area contributed by atoms with Crippen molar-refractivity contribution in [3.8, 4) is 0 Å². The quantitative estimate of drug-likeness (QED) is 0.687. The van der Waals surface area contributed by atoms with E-state index in [-0.39, 0.29) is 6.61 Å². The first kappa shape index (κ1) is 12.6. The average Bonchev–Trinajstić information content (AvgIpc) is 2.82. The van der Waals surface area contributed by atoms with Crippen LogP contribution in [0.5, 0.6) is 0 Å². The van der Waals surface area contributed by atoms with Gasteiger partial charge in [0.25, 0.3) is 0 Å². The van der Waals surface area contributed by atoms with E-state index in [1.54, 1.807) is 0 Å². The summed E-state index contributed by atoms with van der Waals surface area (Å²) in [7, 11) is 0. The Morgan fingerprint density at radius 1 is 1.28 bits per heavy atom. The molecule has 1 heterocycles. The van der Waals surface area contributed by atoms with E-state index in [2.05, 4.69) is 13.0 Å². The molecule has 4 heteroatoms. The minimum Gasteiger partial charge on any atom is -0.396 e. The Balaban J connectivity index is 1.94. The molecular weight excluding hydrogens is 232 g/mol. The van der Waals surface area contributed by atoms with Gasteiger partial charge in [0.1, 0.15) is 0 Å². The SMILES string of the molecule is C[C@H]1C=C[C@@H](O)[C@]2(CO)CC3(CCC12)OCCO3. The molecule has 1 unspecified atom stereocenters. The minimum atomic E-state index is -0.603. The van der Waals surface area contributed by atoms with Crippen molar-refractivity contribution in [2.75, 3.05) is 19.8 Å². The third-order valence-corrected chi connectivity index (χ3v) is 5.10. The number of aliphatic hydroxyl groups is 2. The zero-order valence-electron chi connectivity index (χ0n) is 10.8. The summed E-state index contributed by atoms with van der Waals surface area (Å²) in [6.45, 7) is 3.38. The second-order valence-corrected chi connectivity index (χ2v) is 6.01. The van der Waals surface area contributed by atoms with Gasteiger partial charge in [0.05, 0.1) is 25.9 Å². The van der Waals surface area contributed by atoms with Crippen LogP contribution < -0.4 is 0 Å². The maximum atomic E-state index is 10.4. The van der Waals surface area contributed by atoms with E-state index in [1.807, 2.05) is 6.08 Å². The molecule has 0 aromatic rings. The van der Waals surface area contributed by atoms with Crippen LogP contribution in [0.4, 0.5) is 0 Å². The Morgan fingerprint density at radius 3 is 2.67 bits per heavy atom. The van der Waals surface area contributed by atoms with Crippen LogP contribution in [0.3, 0.4) is 0 Å². The first-order chi connectivity index (χ1) is 8.62. The molecule has 0 amide bonds. The van der Waals surface area contributed by atoms with Gasteiger partial charge >= 0.3 is 0 Å². The average molecular weight is 254 g/mol. The van der Waals surface area contributed by atoms with E-state index in [4.69, 9.17) is 9.47 Å². The van der Waals surface area contributed by atoms with Crippen molar-refractivity contribution in [2.45, 2.75) is 38.1 Å². The molecule has 2 aliphatic carbocycles. The normalized spacial score (nSPS) is 46.3. The maximum absolute atomic E-state index is 10.4. The van der Waals surface area contributed by atoms with Gasteiger partial charge in [-0.2, -0.15) is 0 Å². The zero-order valence-corrected chi connectivity index (χ0v) is 10.8. The number of ether oxygens (including phenoxy) is 2. The van der Waals surface area contributed by atoms with E-state index < -0.39 is 17.3 Å². The highest BCUT2D eigenvalue weighted by molar-refractivity contribution is 5.14. The number of hydrogen-bond donors (Lipinski definition) is 2. The lowest BCUT2D eigenvalue weighted by Crippen LogP contribution is -2.57. The van der Waals surface area contributed by atoms with Crippen molar-refractivity contribution in [1.29, 1.82) is 0 Å². The molecule has 0 aromatic carbocycles. The van der Waals surface area contributed by atoms with Crippen molar-refractivity contribution >= 4 is 0 Å². The molecule has 1 aliphatic heterocycles. The van der Waals surface area contributed by atoms with Crippen LogP contribution >= 0.6 is 0 Å². The third-order valence-electron chi connectivity index (χ3n) is 5.10. The Hall–Kier alpha value is -0.420. The fraction of sp³-hybridized carbons (Fsp3) is 0.857. The molecule has 1 saturated heterocycles. The summed E-state index contributed by atoms with van der Waals surface area (Å²) >= 11 is 0. The first-order valence-electron chi connectivity index (χ1n) is 6.87. The number of rotatable bonds is 1. The second-order valence-electron chi connectivity index (χ2n) is 6.01. The molecule has 2 N–H and O–H groups in total. The maximum Gasteiger partial charge on any atom is 0.169 e. The Morgan fingerprint density at radius 2 is 2.00 bits per heavy atom. The molecular formula is C14H22O4. The highest BCUT2D eigenvalue weighted by atomic mass is 16.7. The van der Waals surface area contributed by atoms with Gasteiger partial charge in [-0.1, -0.05) is 19.1 Å². The molecule has 4 nitrogen and oxygen atoms in total. The summed E-state index contributed by atoms with van der Waals surface area (Å²) in [6.07, 6.45) is 5.68. The van der Waals surface area contributed by atoms with E-state index in [1.165, 1.54) is 0 Å². The number of fused-ring (bicyclic) bond motifs is 1. The molecule has 0 bridgehead atoms. The Labute approximate surface area is 108 Å². The summed E-state index contributed by atoms with van der Waals surface area (Å²) in [5.41, 5.74) is -0.503. The predicted molar refractivity (Wildman–Crippen MR) is 65.8 cm³/mol. The number of hydrogen-bond acceptors (Lipinski definition) is 4. The highest BCUT2D eigenvalue weighted by Gasteiger charge is 2.57. The first-order valence-corrected chi connectivity index (χ1v) is 6.87. The molecule has 1 saturated carbocycles. The van der Waals surface area contributed by atoms with Gasteiger partial charge in [0.15, 0.2) is 5.79 Å². The lowest BCUT2D eigenvalue weighted by Gasteiger charge is -2.54. The van der Waals surface area contributed by atoms with E-state index in [0.29, 0.717) is 31.5 Å². The summed E-state index contributed by atoms with van der Waals surface area (Å²) in [4.78, 5) is 0. The largest absolute Gasteiger partial charge is 0.396 e. The van der Waals surface area contributed by atoms with Gasteiger partial charge in [-0.15, -0.1) is 0 Å².